The monoisotopic (exact) mass is 401 g/mol. The van der Waals surface area contributed by atoms with Crippen molar-refractivity contribution >= 4 is 11.5 Å². The van der Waals surface area contributed by atoms with Crippen molar-refractivity contribution in [3.63, 3.8) is 0 Å². The van der Waals surface area contributed by atoms with E-state index in [-0.39, 0.29) is 5.78 Å². The first kappa shape index (κ1) is 25.2. The van der Waals surface area contributed by atoms with Crippen LogP contribution in [0.5, 0.6) is 0 Å². The number of rotatable bonds is 17. The summed E-state index contributed by atoms with van der Waals surface area (Å²) < 4.78 is 0. The Labute approximate surface area is 178 Å². The molecule has 0 aliphatic carbocycles. The van der Waals surface area contributed by atoms with E-state index in [1.165, 1.54) is 19.3 Å². The summed E-state index contributed by atoms with van der Waals surface area (Å²) >= 11 is 0. The SMILES string of the molecule is CCCCCNc1ccc(C(=O)/C=C(\CCCC)NCCCCNC(C)C)cc1. The number of ketones is 1. The predicted octanol–water partition coefficient (Wildman–Crippen LogP) is 5.91. The molecule has 0 saturated heterocycles. The van der Waals surface area contributed by atoms with Gasteiger partial charge in [-0.2, -0.15) is 0 Å². The van der Waals surface area contributed by atoms with Gasteiger partial charge in [0.15, 0.2) is 5.78 Å². The number of hydrogen-bond donors (Lipinski definition) is 3. The number of unbranched alkanes of at least 4 members (excludes halogenated alkanes) is 4. The zero-order chi connectivity index (χ0) is 21.3. The van der Waals surface area contributed by atoms with Crippen LogP contribution in [0.25, 0.3) is 0 Å². The third-order valence-electron chi connectivity index (χ3n) is 4.89. The van der Waals surface area contributed by atoms with Crippen LogP contribution in [0.15, 0.2) is 36.0 Å². The van der Waals surface area contributed by atoms with Crippen LogP contribution in [0, 0.1) is 0 Å². The van der Waals surface area contributed by atoms with Crippen molar-refractivity contribution < 1.29 is 4.79 Å². The molecule has 29 heavy (non-hydrogen) atoms. The highest BCUT2D eigenvalue weighted by Crippen LogP contribution is 2.13. The van der Waals surface area contributed by atoms with Crippen LogP contribution in [-0.2, 0) is 0 Å². The molecule has 0 aliphatic rings. The van der Waals surface area contributed by atoms with Crippen molar-refractivity contribution in [2.75, 3.05) is 25.0 Å². The van der Waals surface area contributed by atoms with E-state index in [0.717, 1.165) is 68.7 Å². The van der Waals surface area contributed by atoms with Crippen molar-refractivity contribution in [3.05, 3.63) is 41.6 Å². The Morgan fingerprint density at radius 3 is 2.21 bits per heavy atom. The summed E-state index contributed by atoms with van der Waals surface area (Å²) in [5, 5.41) is 10.4. The normalized spacial score (nSPS) is 11.7. The van der Waals surface area contributed by atoms with Gasteiger partial charge in [-0.25, -0.2) is 0 Å². The van der Waals surface area contributed by atoms with Gasteiger partial charge >= 0.3 is 0 Å². The predicted molar refractivity (Wildman–Crippen MR) is 127 cm³/mol. The summed E-state index contributed by atoms with van der Waals surface area (Å²) in [6.07, 6.45) is 10.9. The molecule has 1 aromatic rings. The van der Waals surface area contributed by atoms with Crippen LogP contribution in [0.2, 0.25) is 0 Å². The van der Waals surface area contributed by atoms with Crippen LogP contribution in [0.4, 0.5) is 5.69 Å². The number of allylic oxidation sites excluding steroid dienone is 2. The smallest absolute Gasteiger partial charge is 0.187 e. The molecule has 0 aromatic heterocycles. The molecule has 0 amide bonds. The first-order valence-corrected chi connectivity index (χ1v) is 11.6. The van der Waals surface area contributed by atoms with E-state index in [1.807, 2.05) is 24.3 Å². The van der Waals surface area contributed by atoms with E-state index in [4.69, 9.17) is 0 Å². The molecular weight excluding hydrogens is 358 g/mol. The molecule has 164 valence electrons. The summed E-state index contributed by atoms with van der Waals surface area (Å²) in [6, 6.07) is 8.41. The lowest BCUT2D eigenvalue weighted by molar-refractivity contribution is 0.104. The van der Waals surface area contributed by atoms with Crippen molar-refractivity contribution in [2.24, 2.45) is 0 Å². The largest absolute Gasteiger partial charge is 0.388 e. The summed E-state index contributed by atoms with van der Waals surface area (Å²) in [4.78, 5) is 12.7. The van der Waals surface area contributed by atoms with Gasteiger partial charge in [-0.3, -0.25) is 4.79 Å². The molecule has 1 aromatic carbocycles. The van der Waals surface area contributed by atoms with Gasteiger partial charge in [-0.05, 0) is 62.9 Å². The van der Waals surface area contributed by atoms with Gasteiger partial charge < -0.3 is 16.0 Å². The molecule has 0 unspecified atom stereocenters. The van der Waals surface area contributed by atoms with Gasteiger partial charge in [-0.1, -0.05) is 47.0 Å². The standard InChI is InChI=1S/C25H43N3O/c1-5-7-9-18-27-23-15-13-22(14-16-23)25(29)20-24(12-8-6-2)28-19-11-10-17-26-21(3)4/h13-16,20-21,26-28H,5-12,17-19H2,1-4H3/b24-20+. The number of carbonyl (C=O) groups is 1. The van der Waals surface area contributed by atoms with Crippen LogP contribution < -0.4 is 16.0 Å². The number of nitrogens with one attached hydrogen (secondary N) is 3. The zero-order valence-corrected chi connectivity index (χ0v) is 19.2. The molecule has 4 nitrogen and oxygen atoms in total. The average molecular weight is 402 g/mol. The quantitative estimate of drug-likeness (QED) is 0.172. The fraction of sp³-hybridized carbons (Fsp3) is 0.640. The number of carbonyl (C=O) groups excluding carboxylic acids is 1. The van der Waals surface area contributed by atoms with E-state index >= 15 is 0 Å². The van der Waals surface area contributed by atoms with E-state index in [2.05, 4.69) is 43.6 Å². The second-order valence-electron chi connectivity index (χ2n) is 8.09. The topological polar surface area (TPSA) is 53.2 Å². The molecule has 0 atom stereocenters. The second-order valence-corrected chi connectivity index (χ2v) is 8.09. The summed E-state index contributed by atoms with van der Waals surface area (Å²) in [5.74, 6) is 0.0858. The van der Waals surface area contributed by atoms with Crippen molar-refractivity contribution in [1.29, 1.82) is 0 Å². The maximum Gasteiger partial charge on any atom is 0.187 e. The third-order valence-corrected chi connectivity index (χ3v) is 4.89. The van der Waals surface area contributed by atoms with Gasteiger partial charge in [0.05, 0.1) is 0 Å². The first-order valence-electron chi connectivity index (χ1n) is 11.6. The van der Waals surface area contributed by atoms with Gasteiger partial charge in [-0.15, -0.1) is 0 Å². The molecule has 0 bridgehead atoms. The lowest BCUT2D eigenvalue weighted by Gasteiger charge is -2.12. The lowest BCUT2D eigenvalue weighted by atomic mass is 10.1. The van der Waals surface area contributed by atoms with E-state index in [0.29, 0.717) is 6.04 Å². The first-order chi connectivity index (χ1) is 14.1. The fourth-order valence-electron chi connectivity index (χ4n) is 3.07. The molecule has 0 spiro atoms. The third kappa shape index (κ3) is 12.4. The van der Waals surface area contributed by atoms with Gasteiger partial charge in [0, 0.05) is 42.2 Å². The Bertz CT molecular complexity index is 578. The Kier molecular flexibility index (Phi) is 14.0. The lowest BCUT2D eigenvalue weighted by Crippen LogP contribution is -2.24. The minimum absolute atomic E-state index is 0.0858. The Morgan fingerprint density at radius 2 is 1.55 bits per heavy atom. The van der Waals surface area contributed by atoms with Crippen LogP contribution >= 0.6 is 0 Å². The maximum absolute atomic E-state index is 12.7. The van der Waals surface area contributed by atoms with E-state index in [1.54, 1.807) is 6.08 Å². The van der Waals surface area contributed by atoms with E-state index < -0.39 is 0 Å². The minimum Gasteiger partial charge on any atom is -0.388 e. The minimum atomic E-state index is 0.0858. The van der Waals surface area contributed by atoms with Gasteiger partial charge in [0.25, 0.3) is 0 Å². The number of benzene rings is 1. The molecule has 0 fully saturated rings. The average Bonchev–Trinajstić information content (AvgIpc) is 2.71. The fourth-order valence-corrected chi connectivity index (χ4v) is 3.07. The second kappa shape index (κ2) is 16.0. The number of anilines is 1. The number of hydrogen-bond acceptors (Lipinski definition) is 4. The summed E-state index contributed by atoms with van der Waals surface area (Å²) in [7, 11) is 0. The highest BCUT2D eigenvalue weighted by Gasteiger charge is 2.06. The maximum atomic E-state index is 12.7. The van der Waals surface area contributed by atoms with Gasteiger partial charge in [0.2, 0.25) is 0 Å². The molecule has 0 aliphatic heterocycles. The molecule has 0 radical (unpaired) electrons. The molecule has 4 heteroatoms. The van der Waals surface area contributed by atoms with Crippen LogP contribution in [0.3, 0.4) is 0 Å². The van der Waals surface area contributed by atoms with Crippen molar-refractivity contribution in [2.45, 2.75) is 85.1 Å². The van der Waals surface area contributed by atoms with Crippen molar-refractivity contribution in [3.8, 4) is 0 Å². The van der Waals surface area contributed by atoms with Crippen molar-refractivity contribution in [1.82, 2.24) is 10.6 Å². The van der Waals surface area contributed by atoms with Crippen LogP contribution in [-0.4, -0.2) is 31.5 Å². The molecule has 3 N–H and O–H groups in total. The van der Waals surface area contributed by atoms with E-state index in [9.17, 15) is 4.79 Å². The molecule has 0 heterocycles. The summed E-state index contributed by atoms with van der Waals surface area (Å²) in [5.41, 5.74) is 2.90. The Hall–Kier alpha value is -1.81. The van der Waals surface area contributed by atoms with Gasteiger partial charge in [0.1, 0.15) is 0 Å². The Balaban J connectivity index is 2.52. The molecule has 1 rings (SSSR count). The molecule has 0 saturated carbocycles. The summed E-state index contributed by atoms with van der Waals surface area (Å²) in [6.45, 7) is 11.7. The zero-order valence-electron chi connectivity index (χ0n) is 19.2. The highest BCUT2D eigenvalue weighted by atomic mass is 16.1. The Morgan fingerprint density at radius 1 is 0.897 bits per heavy atom. The van der Waals surface area contributed by atoms with Crippen LogP contribution in [0.1, 0.15) is 89.4 Å². The molecular formula is C25H43N3O. The highest BCUT2D eigenvalue weighted by molar-refractivity contribution is 6.05.